The van der Waals surface area contributed by atoms with Gasteiger partial charge in [-0.3, -0.25) is 24.2 Å². The summed E-state index contributed by atoms with van der Waals surface area (Å²) in [4.78, 5) is 70.4. The molecular formula is C30H41N5O7. The van der Waals surface area contributed by atoms with Crippen molar-refractivity contribution in [3.63, 3.8) is 0 Å². The highest BCUT2D eigenvalue weighted by molar-refractivity contribution is 6.35. The number of piperazine rings is 1. The number of nitrogens with one attached hydrogen (secondary N) is 1. The molecule has 0 atom stereocenters. The summed E-state index contributed by atoms with van der Waals surface area (Å²) in [6.45, 7) is 13.7. The molecule has 0 saturated carbocycles. The van der Waals surface area contributed by atoms with Crippen LogP contribution in [-0.4, -0.2) is 121 Å². The van der Waals surface area contributed by atoms with Gasteiger partial charge in [0.1, 0.15) is 11.2 Å². The molecule has 3 aliphatic rings. The van der Waals surface area contributed by atoms with Crippen LogP contribution in [0.5, 0.6) is 0 Å². The van der Waals surface area contributed by atoms with E-state index in [-0.39, 0.29) is 12.3 Å². The zero-order valence-corrected chi connectivity index (χ0v) is 25.2. The molecule has 12 heteroatoms. The molecule has 2 bridgehead atoms. The maximum absolute atomic E-state index is 13.6. The highest BCUT2D eigenvalue weighted by Gasteiger charge is 2.33. The Kier molecular flexibility index (Phi) is 9.67. The average molecular weight is 584 g/mol. The SMILES string of the molecule is Cc1cc2c(C)cc(=O)oc2cc1C(=O)CN1CCN(CCNC(=O)OC(C)(C)C)CCN2CCN(CC1)C(=O)C2=O. The Morgan fingerprint density at radius 2 is 1.40 bits per heavy atom. The van der Waals surface area contributed by atoms with Crippen LogP contribution in [0.4, 0.5) is 4.79 Å². The van der Waals surface area contributed by atoms with Crippen molar-refractivity contribution in [2.75, 3.05) is 72.0 Å². The minimum Gasteiger partial charge on any atom is -0.444 e. The van der Waals surface area contributed by atoms with E-state index in [1.807, 2.05) is 24.8 Å². The number of aryl methyl sites for hydroxylation is 2. The Bertz CT molecular complexity index is 1410. The number of fused-ring (bicyclic) bond motifs is 10. The highest BCUT2D eigenvalue weighted by atomic mass is 16.6. The van der Waals surface area contributed by atoms with Crippen LogP contribution in [0.25, 0.3) is 11.0 Å². The first-order valence-corrected chi connectivity index (χ1v) is 14.4. The van der Waals surface area contributed by atoms with E-state index in [4.69, 9.17) is 9.15 Å². The molecule has 1 aromatic heterocycles. The van der Waals surface area contributed by atoms with E-state index >= 15 is 0 Å². The first-order chi connectivity index (χ1) is 19.8. The molecule has 228 valence electrons. The quantitative estimate of drug-likeness (QED) is 0.304. The van der Waals surface area contributed by atoms with Crippen LogP contribution in [0.3, 0.4) is 0 Å². The fourth-order valence-corrected chi connectivity index (χ4v) is 5.25. The third-order valence-electron chi connectivity index (χ3n) is 7.56. The molecule has 1 aromatic carbocycles. The maximum atomic E-state index is 13.6. The topological polar surface area (TPSA) is 133 Å². The van der Waals surface area contributed by atoms with Crippen molar-refractivity contribution < 1.29 is 28.3 Å². The number of ketones is 1. The second-order valence-electron chi connectivity index (χ2n) is 12.0. The van der Waals surface area contributed by atoms with Gasteiger partial charge in [-0.25, -0.2) is 9.59 Å². The zero-order chi connectivity index (χ0) is 30.6. The van der Waals surface area contributed by atoms with Gasteiger partial charge in [-0.15, -0.1) is 0 Å². The molecule has 0 radical (unpaired) electrons. The van der Waals surface area contributed by atoms with E-state index in [1.165, 1.54) is 6.07 Å². The average Bonchev–Trinajstić information content (AvgIpc) is 2.89. The van der Waals surface area contributed by atoms with Crippen LogP contribution in [0.2, 0.25) is 0 Å². The predicted octanol–water partition coefficient (Wildman–Crippen LogP) is 1.41. The lowest BCUT2D eigenvalue weighted by atomic mass is 10.00. The van der Waals surface area contributed by atoms with Crippen LogP contribution in [0, 0.1) is 13.8 Å². The summed E-state index contributed by atoms with van der Waals surface area (Å²) < 4.78 is 10.7. The fraction of sp³-hybridized carbons (Fsp3) is 0.567. The Hall–Kier alpha value is -3.77. The lowest BCUT2D eigenvalue weighted by Crippen LogP contribution is -2.58. The van der Waals surface area contributed by atoms with Gasteiger partial charge in [0.25, 0.3) is 0 Å². The lowest BCUT2D eigenvalue weighted by Gasteiger charge is -2.37. The number of benzene rings is 1. The fourth-order valence-electron chi connectivity index (χ4n) is 5.25. The van der Waals surface area contributed by atoms with Gasteiger partial charge in [0.2, 0.25) is 0 Å². The van der Waals surface area contributed by atoms with Crippen molar-refractivity contribution in [3.05, 3.63) is 45.3 Å². The third kappa shape index (κ3) is 7.95. The summed E-state index contributed by atoms with van der Waals surface area (Å²) in [5, 5.41) is 3.56. The van der Waals surface area contributed by atoms with Crippen molar-refractivity contribution in [2.24, 2.45) is 0 Å². The van der Waals surface area contributed by atoms with Gasteiger partial charge in [-0.1, -0.05) is 0 Å². The number of hydrogen-bond donors (Lipinski definition) is 1. The Balaban J connectivity index is 1.49. The molecule has 0 spiro atoms. The molecule has 12 nitrogen and oxygen atoms in total. The Morgan fingerprint density at radius 3 is 2.05 bits per heavy atom. The normalized spacial score (nSPS) is 17.7. The molecule has 5 rings (SSSR count). The molecule has 4 heterocycles. The third-order valence-corrected chi connectivity index (χ3v) is 7.56. The Labute approximate surface area is 245 Å². The number of carbonyl (C=O) groups is 4. The molecule has 3 amide bonds. The minimum atomic E-state index is -0.604. The van der Waals surface area contributed by atoms with Crippen LogP contribution in [-0.2, 0) is 14.3 Å². The summed E-state index contributed by atoms with van der Waals surface area (Å²) >= 11 is 0. The second kappa shape index (κ2) is 13.0. The molecule has 3 saturated heterocycles. The second-order valence-corrected chi connectivity index (χ2v) is 12.0. The van der Waals surface area contributed by atoms with Gasteiger partial charge in [-0.05, 0) is 57.9 Å². The van der Waals surface area contributed by atoms with Gasteiger partial charge in [0.15, 0.2) is 5.78 Å². The number of rotatable bonds is 6. The van der Waals surface area contributed by atoms with Gasteiger partial charge < -0.3 is 24.3 Å². The zero-order valence-electron chi connectivity index (χ0n) is 25.2. The van der Waals surface area contributed by atoms with Gasteiger partial charge in [0, 0.05) is 82.5 Å². The van der Waals surface area contributed by atoms with E-state index in [0.717, 1.165) is 16.5 Å². The van der Waals surface area contributed by atoms with E-state index < -0.39 is 29.1 Å². The molecule has 0 aliphatic carbocycles. The van der Waals surface area contributed by atoms with Crippen LogP contribution in [0.15, 0.2) is 27.4 Å². The van der Waals surface area contributed by atoms with Crippen molar-refractivity contribution in [1.82, 2.24) is 24.9 Å². The number of nitrogens with zero attached hydrogens (tertiary/aromatic N) is 4. The van der Waals surface area contributed by atoms with Crippen LogP contribution < -0.4 is 10.9 Å². The van der Waals surface area contributed by atoms with Gasteiger partial charge in [-0.2, -0.15) is 0 Å². The molecule has 3 fully saturated rings. The van der Waals surface area contributed by atoms with Gasteiger partial charge in [0.05, 0.1) is 6.54 Å². The summed E-state index contributed by atoms with van der Waals surface area (Å²) in [5.41, 5.74) is 1.34. The summed E-state index contributed by atoms with van der Waals surface area (Å²) in [5.74, 6) is -1.17. The van der Waals surface area contributed by atoms with E-state index in [9.17, 15) is 24.0 Å². The lowest BCUT2D eigenvalue weighted by molar-refractivity contribution is -0.156. The van der Waals surface area contributed by atoms with Gasteiger partial charge >= 0.3 is 23.5 Å². The van der Waals surface area contributed by atoms with Crippen molar-refractivity contribution in [1.29, 1.82) is 0 Å². The number of hydrogen-bond acceptors (Lipinski definition) is 9. The summed E-state index contributed by atoms with van der Waals surface area (Å²) in [6.07, 6.45) is -0.502. The van der Waals surface area contributed by atoms with E-state index in [2.05, 4.69) is 10.2 Å². The van der Waals surface area contributed by atoms with Crippen molar-refractivity contribution >= 4 is 34.7 Å². The molecule has 1 N–H and O–H groups in total. The van der Waals surface area contributed by atoms with Crippen molar-refractivity contribution in [3.8, 4) is 0 Å². The highest BCUT2D eigenvalue weighted by Crippen LogP contribution is 2.22. The largest absolute Gasteiger partial charge is 0.444 e. The standard InChI is InChI=1S/C30H41N5O7/c1-20-16-23-21(2)17-26(37)41-25(23)18-22(20)24(36)19-33-9-8-32(7-6-31-29(40)42-30(3,4)5)10-12-34-14-15-35(13-11-33)28(39)27(34)38/h16-18H,6-15,19H2,1-5H3,(H,31,40). The van der Waals surface area contributed by atoms with Crippen LogP contribution in [0.1, 0.15) is 42.3 Å². The van der Waals surface area contributed by atoms with Crippen molar-refractivity contribution in [2.45, 2.75) is 40.2 Å². The first kappa shape index (κ1) is 31.2. The summed E-state index contributed by atoms with van der Waals surface area (Å²) in [7, 11) is 0. The van der Waals surface area contributed by atoms with E-state index in [0.29, 0.717) is 76.6 Å². The minimum absolute atomic E-state index is 0.0918. The predicted molar refractivity (Wildman–Crippen MR) is 157 cm³/mol. The summed E-state index contributed by atoms with van der Waals surface area (Å²) in [6, 6.07) is 4.93. The Morgan fingerprint density at radius 1 is 0.833 bits per heavy atom. The maximum Gasteiger partial charge on any atom is 0.407 e. The molecular weight excluding hydrogens is 542 g/mol. The molecule has 0 unspecified atom stereocenters. The first-order valence-electron chi connectivity index (χ1n) is 14.4. The monoisotopic (exact) mass is 583 g/mol. The van der Waals surface area contributed by atoms with Crippen LogP contribution >= 0.6 is 0 Å². The number of Topliss-reactive ketones (excluding diaryl/α,β-unsaturated/α-hetero) is 1. The van der Waals surface area contributed by atoms with E-state index in [1.54, 1.807) is 36.6 Å². The number of alkyl carbamates (subject to hydrolysis) is 1. The number of ether oxygens (including phenoxy) is 1. The number of amides is 3. The molecule has 42 heavy (non-hydrogen) atoms. The smallest absolute Gasteiger partial charge is 0.407 e. The molecule has 2 aromatic rings. The molecule has 3 aliphatic heterocycles. The number of carbonyl (C=O) groups excluding carboxylic acids is 4.